The number of amides is 1. The van der Waals surface area contributed by atoms with Gasteiger partial charge in [-0.25, -0.2) is 9.18 Å². The highest BCUT2D eigenvalue weighted by Crippen LogP contribution is 2.21. The number of esters is 1. The average molecular weight is 376 g/mol. The molecule has 1 N–H and O–H groups in total. The van der Waals surface area contributed by atoms with Crippen LogP contribution in [0.25, 0.3) is 6.08 Å². The molecule has 7 nitrogen and oxygen atoms in total. The lowest BCUT2D eigenvalue weighted by Gasteiger charge is -2.12. The van der Waals surface area contributed by atoms with E-state index in [2.05, 4.69) is 5.32 Å². The van der Waals surface area contributed by atoms with Gasteiger partial charge in [-0.3, -0.25) is 14.9 Å². The van der Waals surface area contributed by atoms with Crippen molar-refractivity contribution < 1.29 is 28.0 Å². The Bertz CT molecular complexity index is 914. The number of hydrogen-bond donors (Lipinski definition) is 1. The maximum absolute atomic E-state index is 13.4. The van der Waals surface area contributed by atoms with Crippen LogP contribution in [0.2, 0.25) is 0 Å². The van der Waals surface area contributed by atoms with Crippen molar-refractivity contribution >= 4 is 29.3 Å². The monoisotopic (exact) mass is 376 g/mol. The van der Waals surface area contributed by atoms with Crippen molar-refractivity contribution in [1.29, 1.82) is 0 Å². The van der Waals surface area contributed by atoms with Crippen molar-refractivity contribution in [1.82, 2.24) is 0 Å². The first-order valence-electron chi connectivity index (χ1n) is 7.66. The van der Waals surface area contributed by atoms with Crippen LogP contribution < -0.4 is 5.32 Å². The fraction of sp³-hybridized carbons (Fsp3) is 0.111. The van der Waals surface area contributed by atoms with E-state index >= 15 is 0 Å². The molecule has 27 heavy (non-hydrogen) atoms. The Morgan fingerprint density at radius 3 is 2.56 bits per heavy atom. The van der Waals surface area contributed by atoms with Crippen molar-refractivity contribution in [3.8, 4) is 0 Å². The lowest BCUT2D eigenvalue weighted by atomic mass is 10.2. The number of nitro benzene ring substituents is 1. The zero-order chi connectivity index (χ0) is 20.0. The van der Waals surface area contributed by atoms with Crippen LogP contribution in [0.4, 0.5) is 20.2 Å². The minimum Gasteiger partial charge on any atom is -0.449 e. The molecule has 140 valence electrons. The van der Waals surface area contributed by atoms with Crippen molar-refractivity contribution in [2.75, 3.05) is 5.32 Å². The van der Waals surface area contributed by atoms with Crippen molar-refractivity contribution in [3.05, 3.63) is 75.9 Å². The third kappa shape index (κ3) is 5.43. The molecule has 0 heterocycles. The van der Waals surface area contributed by atoms with E-state index in [-0.39, 0.29) is 11.3 Å². The normalized spacial score (nSPS) is 11.8. The standard InChI is InChI=1S/C18H14F2N2O5/c1-11(27-17(23)9-6-12-4-2-3-5-14(12)19)18(24)21-13-7-8-15(20)16(10-13)22(25)26/h2-11H,1H3,(H,21,24)/b9-6+/t11-/m0/s1. The molecule has 0 aliphatic carbocycles. The third-order valence-electron chi connectivity index (χ3n) is 3.38. The third-order valence-corrected chi connectivity index (χ3v) is 3.38. The van der Waals surface area contributed by atoms with E-state index in [4.69, 9.17) is 4.74 Å². The summed E-state index contributed by atoms with van der Waals surface area (Å²) in [6.45, 7) is 1.28. The minimum atomic E-state index is -1.24. The second kappa shape index (κ2) is 8.65. The van der Waals surface area contributed by atoms with Gasteiger partial charge in [-0.1, -0.05) is 18.2 Å². The number of carbonyl (C=O) groups excluding carboxylic acids is 2. The summed E-state index contributed by atoms with van der Waals surface area (Å²) < 4.78 is 31.6. The molecule has 9 heteroatoms. The number of nitrogens with one attached hydrogen (secondary N) is 1. The maximum Gasteiger partial charge on any atom is 0.331 e. The number of rotatable bonds is 6. The number of benzene rings is 2. The predicted molar refractivity (Wildman–Crippen MR) is 92.7 cm³/mol. The Kier molecular flexibility index (Phi) is 6.32. The number of anilines is 1. The van der Waals surface area contributed by atoms with Gasteiger partial charge < -0.3 is 10.1 Å². The summed E-state index contributed by atoms with van der Waals surface area (Å²) in [7, 11) is 0. The van der Waals surface area contributed by atoms with E-state index < -0.39 is 40.2 Å². The quantitative estimate of drug-likeness (QED) is 0.360. The van der Waals surface area contributed by atoms with Gasteiger partial charge in [-0.15, -0.1) is 0 Å². The molecule has 2 aromatic carbocycles. The van der Waals surface area contributed by atoms with Gasteiger partial charge in [0.25, 0.3) is 5.91 Å². The van der Waals surface area contributed by atoms with Crippen molar-refractivity contribution in [2.24, 2.45) is 0 Å². The van der Waals surface area contributed by atoms with Crippen molar-refractivity contribution in [2.45, 2.75) is 13.0 Å². The SMILES string of the molecule is C[C@H](OC(=O)/C=C/c1ccccc1F)C(=O)Nc1ccc(F)c([N+](=O)[O-])c1. The van der Waals surface area contributed by atoms with Crippen LogP contribution in [0.3, 0.4) is 0 Å². The number of hydrogen-bond acceptors (Lipinski definition) is 5. The second-order valence-corrected chi connectivity index (χ2v) is 5.35. The van der Waals surface area contributed by atoms with E-state index in [9.17, 15) is 28.5 Å². The first-order chi connectivity index (χ1) is 12.8. The summed E-state index contributed by atoms with van der Waals surface area (Å²) in [6.07, 6.45) is 0.920. The number of carbonyl (C=O) groups is 2. The molecule has 0 unspecified atom stereocenters. The van der Waals surface area contributed by atoms with E-state index in [1.54, 1.807) is 6.07 Å². The Morgan fingerprint density at radius 2 is 1.89 bits per heavy atom. The zero-order valence-corrected chi connectivity index (χ0v) is 14.0. The van der Waals surface area contributed by atoms with Crippen LogP contribution in [0.5, 0.6) is 0 Å². The van der Waals surface area contributed by atoms with Gasteiger partial charge >= 0.3 is 11.7 Å². The Labute approximate surface area is 152 Å². The summed E-state index contributed by atoms with van der Waals surface area (Å²) in [4.78, 5) is 33.5. The van der Waals surface area contributed by atoms with Gasteiger partial charge in [0.2, 0.25) is 5.82 Å². The van der Waals surface area contributed by atoms with Gasteiger partial charge in [0, 0.05) is 23.4 Å². The molecular weight excluding hydrogens is 362 g/mol. The lowest BCUT2D eigenvalue weighted by molar-refractivity contribution is -0.387. The van der Waals surface area contributed by atoms with E-state index in [1.807, 2.05) is 0 Å². The Morgan fingerprint density at radius 1 is 1.19 bits per heavy atom. The predicted octanol–water partition coefficient (Wildman–Crippen LogP) is 3.46. The van der Waals surface area contributed by atoms with Crippen LogP contribution >= 0.6 is 0 Å². The highest BCUT2D eigenvalue weighted by Gasteiger charge is 2.19. The average Bonchev–Trinajstić information content (AvgIpc) is 2.62. The summed E-state index contributed by atoms with van der Waals surface area (Å²) in [5, 5.41) is 13.0. The summed E-state index contributed by atoms with van der Waals surface area (Å²) in [6, 6.07) is 8.58. The lowest BCUT2D eigenvalue weighted by Crippen LogP contribution is -2.29. The van der Waals surface area contributed by atoms with Gasteiger partial charge in [0.05, 0.1) is 4.92 Å². The summed E-state index contributed by atoms with van der Waals surface area (Å²) >= 11 is 0. The van der Waals surface area contributed by atoms with Crippen LogP contribution in [0, 0.1) is 21.7 Å². The van der Waals surface area contributed by atoms with Crippen LogP contribution in [-0.2, 0) is 14.3 Å². The first kappa shape index (κ1) is 19.7. The van der Waals surface area contributed by atoms with Gasteiger partial charge in [-0.2, -0.15) is 4.39 Å². The van der Waals surface area contributed by atoms with Crippen LogP contribution in [0.15, 0.2) is 48.5 Å². The molecule has 0 fully saturated rings. The topological polar surface area (TPSA) is 98.5 Å². The number of nitro groups is 1. The molecule has 0 spiro atoms. The first-order valence-corrected chi connectivity index (χ1v) is 7.66. The van der Waals surface area contributed by atoms with E-state index in [1.165, 1.54) is 31.2 Å². The molecule has 1 amide bonds. The van der Waals surface area contributed by atoms with Gasteiger partial charge in [-0.05, 0) is 31.2 Å². The molecule has 0 saturated heterocycles. The molecule has 2 rings (SSSR count). The second-order valence-electron chi connectivity index (χ2n) is 5.35. The molecule has 0 saturated carbocycles. The summed E-state index contributed by atoms with van der Waals surface area (Å²) in [5.74, 6) is -3.23. The van der Waals surface area contributed by atoms with Crippen LogP contribution in [0.1, 0.15) is 12.5 Å². The largest absolute Gasteiger partial charge is 0.449 e. The number of nitrogens with zero attached hydrogens (tertiary/aromatic N) is 1. The molecule has 0 aromatic heterocycles. The number of ether oxygens (including phenoxy) is 1. The van der Waals surface area contributed by atoms with E-state index in [0.717, 1.165) is 24.3 Å². The Hall–Kier alpha value is -3.62. The highest BCUT2D eigenvalue weighted by molar-refractivity contribution is 5.96. The Balaban J connectivity index is 1.97. The minimum absolute atomic E-state index is 0.0297. The van der Waals surface area contributed by atoms with Gasteiger partial charge in [0.1, 0.15) is 5.82 Å². The molecule has 0 aliphatic heterocycles. The maximum atomic E-state index is 13.4. The zero-order valence-electron chi connectivity index (χ0n) is 14.0. The molecule has 0 aliphatic rings. The smallest absolute Gasteiger partial charge is 0.331 e. The highest BCUT2D eigenvalue weighted by atomic mass is 19.1. The molecule has 1 atom stereocenters. The molecule has 0 radical (unpaired) electrons. The summed E-state index contributed by atoms with van der Waals surface area (Å²) in [5.41, 5.74) is -0.659. The van der Waals surface area contributed by atoms with Crippen molar-refractivity contribution in [3.63, 3.8) is 0 Å². The fourth-order valence-corrected chi connectivity index (χ4v) is 2.01. The molecular formula is C18H14F2N2O5. The molecule has 0 bridgehead atoms. The van der Waals surface area contributed by atoms with Crippen LogP contribution in [-0.4, -0.2) is 22.9 Å². The number of halogens is 2. The fourth-order valence-electron chi connectivity index (χ4n) is 2.01. The molecule has 2 aromatic rings. The van der Waals surface area contributed by atoms with E-state index in [0.29, 0.717) is 0 Å². The van der Waals surface area contributed by atoms with Gasteiger partial charge in [0.15, 0.2) is 6.10 Å².